The monoisotopic (exact) mass is 548 g/mol. The summed E-state index contributed by atoms with van der Waals surface area (Å²) in [5, 5.41) is 9.25. The first-order chi connectivity index (χ1) is 19.9. The van der Waals surface area contributed by atoms with E-state index in [4.69, 9.17) is 0 Å². The van der Waals surface area contributed by atoms with Crippen LogP contribution in [0.5, 0.6) is 0 Å². The molecule has 6 rings (SSSR count). The maximum absolute atomic E-state index is 14.1. The first-order valence-corrected chi connectivity index (χ1v) is 14.3. The molecule has 0 aliphatic carbocycles. The highest BCUT2D eigenvalue weighted by atomic mass is 16.3. The molecule has 0 spiro atoms. The molecule has 3 aromatic carbocycles. The fourth-order valence-electron chi connectivity index (χ4n) is 6.14. The van der Waals surface area contributed by atoms with Crippen molar-refractivity contribution in [1.29, 1.82) is 0 Å². The standard InChI is InChI=1S/C34H36N4O3/c1-24-7-3-5-9-29(24)30-13-11-26(21-25(30)2)33(40)38-23-28-12-14-32(37(28)22-27-8-4-6-10-31(27)38)34(41)36-17-15-35(16-18-36)19-20-39/h3-14,21,39H,15-20,22-23H2,1-2H3. The molecule has 0 unspecified atom stereocenters. The number of aromatic nitrogens is 1. The van der Waals surface area contributed by atoms with Crippen molar-refractivity contribution in [2.24, 2.45) is 0 Å². The van der Waals surface area contributed by atoms with Crippen molar-refractivity contribution in [3.63, 3.8) is 0 Å². The zero-order chi connectivity index (χ0) is 28.5. The molecule has 0 bridgehead atoms. The zero-order valence-electron chi connectivity index (χ0n) is 23.7. The van der Waals surface area contributed by atoms with E-state index in [2.05, 4.69) is 35.4 Å². The van der Waals surface area contributed by atoms with E-state index in [1.807, 2.05) is 76.5 Å². The topological polar surface area (TPSA) is 69.0 Å². The van der Waals surface area contributed by atoms with Gasteiger partial charge in [-0.25, -0.2) is 0 Å². The number of hydrogen-bond acceptors (Lipinski definition) is 4. The first-order valence-electron chi connectivity index (χ1n) is 14.3. The molecule has 0 atom stereocenters. The van der Waals surface area contributed by atoms with Crippen LogP contribution in [0.15, 0.2) is 78.9 Å². The van der Waals surface area contributed by atoms with Crippen molar-refractivity contribution in [3.05, 3.63) is 113 Å². The van der Waals surface area contributed by atoms with Gasteiger partial charge in [0.25, 0.3) is 11.8 Å². The van der Waals surface area contributed by atoms with Gasteiger partial charge in [-0.05, 0) is 72.0 Å². The molecule has 2 aliphatic heterocycles. The molecule has 1 N–H and O–H groups in total. The highest BCUT2D eigenvalue weighted by molar-refractivity contribution is 6.07. The second-order valence-electron chi connectivity index (χ2n) is 11.0. The summed E-state index contributed by atoms with van der Waals surface area (Å²) in [5.41, 5.74) is 8.68. The normalized spacial score (nSPS) is 15.3. The van der Waals surface area contributed by atoms with Crippen LogP contribution < -0.4 is 4.90 Å². The second kappa shape index (κ2) is 11.4. The van der Waals surface area contributed by atoms with Crippen LogP contribution in [0, 0.1) is 13.8 Å². The predicted molar refractivity (Wildman–Crippen MR) is 161 cm³/mol. The summed E-state index contributed by atoms with van der Waals surface area (Å²) in [5.74, 6) is -0.0426. The van der Waals surface area contributed by atoms with Crippen LogP contribution in [0.4, 0.5) is 5.69 Å². The molecule has 7 nitrogen and oxygen atoms in total. The highest BCUT2D eigenvalue weighted by Crippen LogP contribution is 2.32. The minimum absolute atomic E-state index is 0.0135. The number of carbonyl (C=O) groups is 2. The van der Waals surface area contributed by atoms with Gasteiger partial charge in [0.2, 0.25) is 0 Å². The Labute approximate surface area is 241 Å². The van der Waals surface area contributed by atoms with Crippen LogP contribution in [0.2, 0.25) is 0 Å². The molecule has 2 amide bonds. The number of fused-ring (bicyclic) bond motifs is 2. The van der Waals surface area contributed by atoms with Gasteiger partial charge in [-0.2, -0.15) is 0 Å². The summed E-state index contributed by atoms with van der Waals surface area (Å²) in [6.07, 6.45) is 0. The third-order valence-electron chi connectivity index (χ3n) is 8.45. The lowest BCUT2D eigenvalue weighted by Crippen LogP contribution is -2.49. The summed E-state index contributed by atoms with van der Waals surface area (Å²) < 4.78 is 2.07. The van der Waals surface area contributed by atoms with Gasteiger partial charge in [0.05, 0.1) is 19.7 Å². The van der Waals surface area contributed by atoms with E-state index in [1.54, 1.807) is 0 Å². The molecule has 7 heteroatoms. The molecular formula is C34H36N4O3. The number of β-amino-alcohol motifs (C(OH)–C–C–N with tert-alkyl or cyclic N) is 1. The van der Waals surface area contributed by atoms with Crippen molar-refractivity contribution < 1.29 is 14.7 Å². The van der Waals surface area contributed by atoms with Crippen LogP contribution in [0.25, 0.3) is 11.1 Å². The number of rotatable bonds is 5. The smallest absolute Gasteiger partial charge is 0.270 e. The van der Waals surface area contributed by atoms with Crippen molar-refractivity contribution in [2.45, 2.75) is 26.9 Å². The number of benzene rings is 3. The maximum atomic E-state index is 14.1. The zero-order valence-corrected chi connectivity index (χ0v) is 23.7. The van der Waals surface area contributed by atoms with E-state index in [9.17, 15) is 14.7 Å². The Hall–Kier alpha value is -4.20. The van der Waals surface area contributed by atoms with Crippen LogP contribution in [0.1, 0.15) is 43.2 Å². The molecule has 2 aliphatic rings. The maximum Gasteiger partial charge on any atom is 0.270 e. The average molecular weight is 549 g/mol. The van der Waals surface area contributed by atoms with Crippen molar-refractivity contribution in [1.82, 2.24) is 14.4 Å². The van der Waals surface area contributed by atoms with E-state index < -0.39 is 0 Å². The molecular weight excluding hydrogens is 512 g/mol. The quantitative estimate of drug-likeness (QED) is 0.392. The molecule has 1 fully saturated rings. The predicted octanol–water partition coefficient (Wildman–Crippen LogP) is 4.73. The minimum atomic E-state index is -0.0561. The summed E-state index contributed by atoms with van der Waals surface area (Å²) in [4.78, 5) is 33.6. The lowest BCUT2D eigenvalue weighted by Gasteiger charge is -2.34. The molecule has 3 heterocycles. The summed E-state index contributed by atoms with van der Waals surface area (Å²) >= 11 is 0. The lowest BCUT2D eigenvalue weighted by atomic mass is 9.95. The Morgan fingerprint density at radius 2 is 1.49 bits per heavy atom. The van der Waals surface area contributed by atoms with Crippen LogP contribution >= 0.6 is 0 Å². The number of carbonyl (C=O) groups excluding carboxylic acids is 2. The number of para-hydroxylation sites is 1. The summed E-state index contributed by atoms with van der Waals surface area (Å²) in [6.45, 7) is 8.62. The van der Waals surface area contributed by atoms with Gasteiger partial charge in [0.15, 0.2) is 0 Å². The van der Waals surface area contributed by atoms with Crippen molar-refractivity contribution in [2.75, 3.05) is 44.2 Å². The van der Waals surface area contributed by atoms with Gasteiger partial charge in [-0.1, -0.05) is 48.5 Å². The van der Waals surface area contributed by atoms with Gasteiger partial charge in [-0.3, -0.25) is 14.5 Å². The number of hydrogen-bond donors (Lipinski definition) is 1. The third kappa shape index (κ3) is 5.19. The van der Waals surface area contributed by atoms with Gasteiger partial charge in [-0.15, -0.1) is 0 Å². The molecule has 4 aromatic rings. The molecule has 41 heavy (non-hydrogen) atoms. The number of anilines is 1. The number of aryl methyl sites for hydroxylation is 2. The van der Waals surface area contributed by atoms with Gasteiger partial charge < -0.3 is 19.5 Å². The van der Waals surface area contributed by atoms with Gasteiger partial charge >= 0.3 is 0 Å². The van der Waals surface area contributed by atoms with E-state index >= 15 is 0 Å². The van der Waals surface area contributed by atoms with Gasteiger partial charge in [0, 0.05) is 49.7 Å². The SMILES string of the molecule is Cc1ccccc1-c1ccc(C(=O)N2Cc3ccc(C(=O)N4CCN(CCO)CC4)n3Cc3ccccc32)cc1C. The first kappa shape index (κ1) is 27.0. The number of nitrogens with zero attached hydrogens (tertiary/aromatic N) is 4. The lowest BCUT2D eigenvalue weighted by molar-refractivity contribution is 0.0605. The molecule has 210 valence electrons. The Kier molecular flexibility index (Phi) is 7.47. The third-order valence-corrected chi connectivity index (χ3v) is 8.45. The number of aliphatic hydroxyl groups excluding tert-OH is 1. The second-order valence-corrected chi connectivity index (χ2v) is 11.0. The Morgan fingerprint density at radius 1 is 0.756 bits per heavy atom. The van der Waals surface area contributed by atoms with Crippen LogP contribution in [-0.2, 0) is 13.1 Å². The van der Waals surface area contributed by atoms with E-state index in [1.165, 1.54) is 11.1 Å². The Balaban J connectivity index is 1.29. The Morgan fingerprint density at radius 3 is 2.24 bits per heavy atom. The summed E-state index contributed by atoms with van der Waals surface area (Å²) in [7, 11) is 0. The Bertz CT molecular complexity index is 1600. The largest absolute Gasteiger partial charge is 0.395 e. The minimum Gasteiger partial charge on any atom is -0.395 e. The van der Waals surface area contributed by atoms with Crippen LogP contribution in [0.3, 0.4) is 0 Å². The molecule has 0 saturated carbocycles. The van der Waals surface area contributed by atoms with Gasteiger partial charge in [0.1, 0.15) is 5.69 Å². The highest BCUT2D eigenvalue weighted by Gasteiger charge is 2.30. The van der Waals surface area contributed by atoms with E-state index in [0.717, 1.165) is 41.2 Å². The average Bonchev–Trinajstić information content (AvgIpc) is 3.30. The van der Waals surface area contributed by atoms with E-state index in [-0.39, 0.29) is 18.4 Å². The van der Waals surface area contributed by atoms with E-state index in [0.29, 0.717) is 44.0 Å². The number of amides is 2. The molecule has 1 saturated heterocycles. The molecule has 1 aromatic heterocycles. The van der Waals surface area contributed by atoms with Crippen molar-refractivity contribution >= 4 is 17.5 Å². The molecule has 0 radical (unpaired) electrons. The van der Waals surface area contributed by atoms with Crippen molar-refractivity contribution in [3.8, 4) is 11.1 Å². The van der Waals surface area contributed by atoms with Crippen LogP contribution in [-0.4, -0.2) is 70.6 Å². The number of aliphatic hydroxyl groups is 1. The number of piperazine rings is 1. The fraction of sp³-hybridized carbons (Fsp3) is 0.294. The summed E-state index contributed by atoms with van der Waals surface area (Å²) in [6, 6.07) is 26.1. The fourth-order valence-corrected chi connectivity index (χ4v) is 6.14.